The van der Waals surface area contributed by atoms with E-state index in [4.69, 9.17) is 0 Å². The van der Waals surface area contributed by atoms with Crippen molar-refractivity contribution >= 4 is 23.2 Å². The van der Waals surface area contributed by atoms with Crippen LogP contribution < -0.4 is 9.80 Å². The van der Waals surface area contributed by atoms with Gasteiger partial charge < -0.3 is 14.7 Å². The van der Waals surface area contributed by atoms with E-state index in [9.17, 15) is 27.2 Å². The third kappa shape index (κ3) is 4.50. The fraction of sp³-hybridized carbons (Fsp3) is 0.364. The Balaban J connectivity index is 1.37. The van der Waals surface area contributed by atoms with E-state index >= 15 is 0 Å². The Bertz CT molecular complexity index is 987. The summed E-state index contributed by atoms with van der Waals surface area (Å²) >= 11 is 0. The van der Waals surface area contributed by atoms with Crippen LogP contribution >= 0.6 is 0 Å². The second kappa shape index (κ2) is 8.20. The van der Waals surface area contributed by atoms with Gasteiger partial charge in [-0.15, -0.1) is 0 Å². The van der Waals surface area contributed by atoms with Gasteiger partial charge in [0.25, 0.3) is 0 Å². The SMILES string of the molecule is O=C([C@H]1CC(=O)N(c2cccc(F)c2)C1)N1CCN(c2cccc(C(F)(F)F)c2)CC1. The van der Waals surface area contributed by atoms with Gasteiger partial charge in [0, 0.05) is 50.5 Å². The molecule has 0 aliphatic carbocycles. The maximum Gasteiger partial charge on any atom is 0.416 e. The summed E-state index contributed by atoms with van der Waals surface area (Å²) in [6, 6.07) is 10.8. The van der Waals surface area contributed by atoms with Gasteiger partial charge in [0.15, 0.2) is 0 Å². The summed E-state index contributed by atoms with van der Waals surface area (Å²) in [6.07, 6.45) is -4.35. The molecule has 2 heterocycles. The highest BCUT2D eigenvalue weighted by molar-refractivity contribution is 6.00. The molecule has 2 aliphatic rings. The molecule has 0 bridgehead atoms. The van der Waals surface area contributed by atoms with Crippen LogP contribution in [0.2, 0.25) is 0 Å². The molecule has 9 heteroatoms. The topological polar surface area (TPSA) is 43.9 Å². The number of carbonyl (C=O) groups is 2. The monoisotopic (exact) mass is 435 g/mol. The Labute approximate surface area is 176 Å². The van der Waals surface area contributed by atoms with Gasteiger partial charge >= 0.3 is 6.18 Å². The number of amides is 2. The number of halogens is 4. The third-order valence-corrected chi connectivity index (χ3v) is 5.72. The van der Waals surface area contributed by atoms with E-state index in [1.807, 2.05) is 4.90 Å². The Morgan fingerprint density at radius 3 is 2.29 bits per heavy atom. The molecule has 2 amide bonds. The van der Waals surface area contributed by atoms with Gasteiger partial charge in [0.05, 0.1) is 11.5 Å². The van der Waals surface area contributed by atoms with Gasteiger partial charge in [-0.05, 0) is 36.4 Å². The standard InChI is InChI=1S/C22H21F4N3O2/c23-17-4-2-6-19(13-17)29-14-15(11-20(29)30)21(31)28-9-7-27(8-10-28)18-5-1-3-16(12-18)22(24,25)26/h1-6,12-13,15H,7-11,14H2/t15-/m0/s1. The van der Waals surface area contributed by atoms with Gasteiger partial charge in [0.2, 0.25) is 11.8 Å². The van der Waals surface area contributed by atoms with E-state index in [-0.39, 0.29) is 24.8 Å². The normalized spacial score (nSPS) is 19.8. The molecular formula is C22H21F4N3O2. The van der Waals surface area contributed by atoms with Gasteiger partial charge in [-0.25, -0.2) is 4.39 Å². The first kappa shape index (κ1) is 21.1. The van der Waals surface area contributed by atoms with E-state index in [0.717, 1.165) is 12.1 Å². The maximum atomic E-state index is 13.5. The van der Waals surface area contributed by atoms with Crippen LogP contribution in [0.3, 0.4) is 0 Å². The number of nitrogens with zero attached hydrogens (tertiary/aromatic N) is 3. The number of piperazine rings is 1. The van der Waals surface area contributed by atoms with Crippen LogP contribution in [0.4, 0.5) is 28.9 Å². The molecule has 2 aliphatic heterocycles. The number of hydrogen-bond acceptors (Lipinski definition) is 3. The van der Waals surface area contributed by atoms with E-state index in [0.29, 0.717) is 37.6 Å². The molecular weight excluding hydrogens is 414 g/mol. The smallest absolute Gasteiger partial charge is 0.368 e. The lowest BCUT2D eigenvalue weighted by atomic mass is 10.1. The lowest BCUT2D eigenvalue weighted by Gasteiger charge is -2.37. The van der Waals surface area contributed by atoms with Crippen molar-refractivity contribution in [3.63, 3.8) is 0 Å². The van der Waals surface area contributed by atoms with Gasteiger partial charge in [-0.3, -0.25) is 9.59 Å². The number of anilines is 2. The summed E-state index contributed by atoms with van der Waals surface area (Å²) in [6.45, 7) is 1.72. The minimum Gasteiger partial charge on any atom is -0.368 e. The van der Waals surface area contributed by atoms with Crippen LogP contribution in [0, 0.1) is 11.7 Å². The second-order valence-corrected chi connectivity index (χ2v) is 7.75. The fourth-order valence-electron chi connectivity index (χ4n) is 4.09. The Hall–Kier alpha value is -3.10. The summed E-state index contributed by atoms with van der Waals surface area (Å²) < 4.78 is 52.4. The van der Waals surface area contributed by atoms with E-state index in [1.54, 1.807) is 17.0 Å². The van der Waals surface area contributed by atoms with Crippen LogP contribution in [0.1, 0.15) is 12.0 Å². The minimum absolute atomic E-state index is 0.0587. The molecule has 1 atom stereocenters. The number of benzene rings is 2. The van der Waals surface area contributed by atoms with Crippen LogP contribution in [-0.4, -0.2) is 49.4 Å². The van der Waals surface area contributed by atoms with Crippen molar-refractivity contribution in [3.8, 4) is 0 Å². The lowest BCUT2D eigenvalue weighted by Crippen LogP contribution is -2.50. The maximum absolute atomic E-state index is 13.5. The molecule has 0 radical (unpaired) electrons. The zero-order chi connectivity index (χ0) is 22.2. The summed E-state index contributed by atoms with van der Waals surface area (Å²) in [7, 11) is 0. The Kier molecular flexibility index (Phi) is 5.60. The predicted molar refractivity (Wildman–Crippen MR) is 107 cm³/mol. The lowest BCUT2D eigenvalue weighted by molar-refractivity contribution is -0.137. The number of rotatable bonds is 3. The van der Waals surface area contributed by atoms with Crippen molar-refractivity contribution in [2.24, 2.45) is 5.92 Å². The largest absolute Gasteiger partial charge is 0.416 e. The van der Waals surface area contributed by atoms with Crippen molar-refractivity contribution < 1.29 is 27.2 Å². The van der Waals surface area contributed by atoms with Crippen LogP contribution in [0.5, 0.6) is 0 Å². The summed E-state index contributed by atoms with van der Waals surface area (Å²) in [5.74, 6) is -1.36. The molecule has 2 aromatic rings. The quantitative estimate of drug-likeness (QED) is 0.693. The van der Waals surface area contributed by atoms with Crippen molar-refractivity contribution in [3.05, 3.63) is 59.9 Å². The molecule has 5 nitrogen and oxygen atoms in total. The minimum atomic E-state index is -4.41. The molecule has 0 N–H and O–H groups in total. The number of alkyl halides is 3. The number of hydrogen-bond donors (Lipinski definition) is 0. The van der Waals surface area contributed by atoms with Gasteiger partial charge in [-0.2, -0.15) is 13.2 Å². The average molecular weight is 435 g/mol. The molecule has 0 unspecified atom stereocenters. The van der Waals surface area contributed by atoms with Gasteiger partial charge in [0.1, 0.15) is 5.82 Å². The summed E-state index contributed by atoms with van der Waals surface area (Å²) in [5, 5.41) is 0. The van der Waals surface area contributed by atoms with Crippen molar-refractivity contribution in [1.82, 2.24) is 4.90 Å². The molecule has 2 aromatic carbocycles. The highest BCUT2D eigenvalue weighted by atomic mass is 19.4. The van der Waals surface area contributed by atoms with Crippen molar-refractivity contribution in [2.45, 2.75) is 12.6 Å². The van der Waals surface area contributed by atoms with Crippen LogP contribution in [0.25, 0.3) is 0 Å². The molecule has 0 saturated carbocycles. The molecule has 0 spiro atoms. The first-order chi connectivity index (χ1) is 14.7. The average Bonchev–Trinajstić information content (AvgIpc) is 3.14. The Morgan fingerprint density at radius 1 is 0.935 bits per heavy atom. The summed E-state index contributed by atoms with van der Waals surface area (Å²) in [5.41, 5.74) is 0.190. The van der Waals surface area contributed by atoms with Crippen molar-refractivity contribution in [1.29, 1.82) is 0 Å². The first-order valence-electron chi connectivity index (χ1n) is 9.99. The second-order valence-electron chi connectivity index (χ2n) is 7.75. The van der Waals surface area contributed by atoms with Crippen LogP contribution in [0.15, 0.2) is 48.5 Å². The van der Waals surface area contributed by atoms with E-state index in [2.05, 4.69) is 0 Å². The highest BCUT2D eigenvalue weighted by Crippen LogP contribution is 2.32. The fourth-order valence-corrected chi connectivity index (χ4v) is 4.09. The zero-order valence-electron chi connectivity index (χ0n) is 16.6. The molecule has 164 valence electrons. The molecule has 4 rings (SSSR count). The highest BCUT2D eigenvalue weighted by Gasteiger charge is 2.38. The Morgan fingerprint density at radius 2 is 1.61 bits per heavy atom. The molecule has 2 saturated heterocycles. The summed E-state index contributed by atoms with van der Waals surface area (Å²) in [4.78, 5) is 30.2. The molecule has 31 heavy (non-hydrogen) atoms. The third-order valence-electron chi connectivity index (χ3n) is 5.72. The van der Waals surface area contributed by atoms with Crippen LogP contribution in [-0.2, 0) is 15.8 Å². The first-order valence-corrected chi connectivity index (χ1v) is 9.99. The van der Waals surface area contributed by atoms with Gasteiger partial charge in [-0.1, -0.05) is 12.1 Å². The van der Waals surface area contributed by atoms with E-state index in [1.165, 1.54) is 29.2 Å². The van der Waals surface area contributed by atoms with Crippen molar-refractivity contribution in [2.75, 3.05) is 42.5 Å². The zero-order valence-corrected chi connectivity index (χ0v) is 16.6. The molecule has 2 fully saturated rings. The van der Waals surface area contributed by atoms with E-state index < -0.39 is 23.5 Å². The predicted octanol–water partition coefficient (Wildman–Crippen LogP) is 3.55. The molecule has 0 aromatic heterocycles. The number of carbonyl (C=O) groups excluding carboxylic acids is 2.